The molecule has 15 heavy (non-hydrogen) atoms. The Hall–Kier alpha value is -2.30. The number of amidine groups is 1. The maximum atomic E-state index is 5.81. The zero-order valence-electron chi connectivity index (χ0n) is 7.88. The number of nitrogens with two attached hydrogens (primary N) is 1. The Morgan fingerprint density at radius 1 is 1.27 bits per heavy atom. The zero-order valence-corrected chi connectivity index (χ0v) is 7.88. The summed E-state index contributed by atoms with van der Waals surface area (Å²) in [6.45, 7) is 0. The predicted molar refractivity (Wildman–Crippen MR) is 57.9 cm³/mol. The van der Waals surface area contributed by atoms with E-state index in [2.05, 4.69) is 15.5 Å². The highest BCUT2D eigenvalue weighted by Gasteiger charge is 2.14. The van der Waals surface area contributed by atoms with Gasteiger partial charge in [-0.15, -0.1) is 0 Å². The molecule has 2 aromatic rings. The average Bonchev–Trinajstić information content (AvgIpc) is 2.71. The summed E-state index contributed by atoms with van der Waals surface area (Å²) in [4.78, 5) is 4.20. The number of anilines is 1. The summed E-state index contributed by atoms with van der Waals surface area (Å²) in [5.74, 6) is 1.16. The van der Waals surface area contributed by atoms with Crippen LogP contribution in [0.15, 0.2) is 41.8 Å². The van der Waals surface area contributed by atoms with E-state index in [4.69, 9.17) is 5.73 Å². The molecule has 0 radical (unpaired) electrons. The molecule has 0 aromatic carbocycles. The van der Waals surface area contributed by atoms with Crippen molar-refractivity contribution in [2.75, 3.05) is 5.43 Å². The van der Waals surface area contributed by atoms with E-state index in [1.165, 1.54) is 0 Å². The van der Waals surface area contributed by atoms with Gasteiger partial charge in [-0.05, 0) is 24.3 Å². The molecule has 0 bridgehead atoms. The van der Waals surface area contributed by atoms with Crippen molar-refractivity contribution in [2.24, 2.45) is 10.8 Å². The summed E-state index contributed by atoms with van der Waals surface area (Å²) < 4.78 is 1.96. The highest BCUT2D eigenvalue weighted by Crippen LogP contribution is 2.21. The van der Waals surface area contributed by atoms with E-state index >= 15 is 0 Å². The topological polar surface area (TPSA) is 68.2 Å². The number of pyridine rings is 1. The molecule has 1 aliphatic rings. The van der Waals surface area contributed by atoms with Gasteiger partial charge in [0.15, 0.2) is 11.7 Å². The summed E-state index contributed by atoms with van der Waals surface area (Å²) in [6.07, 6.45) is 3.65. The Morgan fingerprint density at radius 2 is 2.20 bits per heavy atom. The fraction of sp³-hybridized carbons (Fsp3) is 0. The second-order valence-electron chi connectivity index (χ2n) is 3.24. The molecular formula is C10H9N5. The Kier molecular flexibility index (Phi) is 1.53. The van der Waals surface area contributed by atoms with Gasteiger partial charge in [-0.1, -0.05) is 0 Å². The first-order chi connectivity index (χ1) is 7.36. The van der Waals surface area contributed by atoms with E-state index in [-0.39, 0.29) is 0 Å². The number of nitrogens with one attached hydrogen (secondary N) is 1. The Balaban J connectivity index is 2.33. The molecule has 3 heterocycles. The van der Waals surface area contributed by atoms with Gasteiger partial charge in [-0.25, -0.2) is 4.98 Å². The number of aromatic nitrogens is 2. The van der Waals surface area contributed by atoms with Crippen LogP contribution in [0.25, 0.3) is 5.69 Å². The van der Waals surface area contributed by atoms with Gasteiger partial charge < -0.3 is 10.3 Å². The fourth-order valence-corrected chi connectivity index (χ4v) is 1.65. The minimum atomic E-state index is 0.456. The van der Waals surface area contributed by atoms with Crippen molar-refractivity contribution in [1.82, 2.24) is 9.55 Å². The first kappa shape index (κ1) is 8.05. The molecule has 5 heteroatoms. The lowest BCUT2D eigenvalue weighted by molar-refractivity contribution is 1.05. The summed E-state index contributed by atoms with van der Waals surface area (Å²) >= 11 is 0. The zero-order chi connectivity index (χ0) is 10.3. The van der Waals surface area contributed by atoms with Gasteiger partial charge >= 0.3 is 0 Å². The molecule has 0 spiro atoms. The monoisotopic (exact) mass is 199 g/mol. The molecule has 74 valence electrons. The lowest BCUT2D eigenvalue weighted by Gasteiger charge is -2.07. The third kappa shape index (κ3) is 1.10. The first-order valence-electron chi connectivity index (χ1n) is 4.58. The summed E-state index contributed by atoms with van der Waals surface area (Å²) in [6, 6.07) is 7.70. The van der Waals surface area contributed by atoms with Crippen LogP contribution in [0, 0.1) is 0 Å². The standard InChI is InChI=1S/C10H9N5/c11-9-7-4-2-6-15(7)8-3-1-5-12-10(8)14-13-9/h1-6H,(H2,11,13)(H,12,14). The van der Waals surface area contributed by atoms with Gasteiger partial charge in [-0.2, -0.15) is 5.10 Å². The average molecular weight is 199 g/mol. The van der Waals surface area contributed by atoms with Gasteiger partial charge in [0.1, 0.15) is 0 Å². The molecule has 0 aliphatic carbocycles. The summed E-state index contributed by atoms with van der Waals surface area (Å²) in [5, 5.41) is 4.04. The minimum absolute atomic E-state index is 0.456. The number of hydrogen-bond donors (Lipinski definition) is 2. The molecule has 2 aromatic heterocycles. The predicted octanol–water partition coefficient (Wildman–Crippen LogP) is 0.918. The Morgan fingerprint density at radius 3 is 3.13 bits per heavy atom. The van der Waals surface area contributed by atoms with Crippen LogP contribution in [-0.2, 0) is 0 Å². The van der Waals surface area contributed by atoms with Gasteiger partial charge in [0.05, 0.1) is 11.4 Å². The van der Waals surface area contributed by atoms with E-state index in [9.17, 15) is 0 Å². The Bertz CT molecular complexity index is 540. The van der Waals surface area contributed by atoms with Crippen LogP contribution in [0.3, 0.4) is 0 Å². The van der Waals surface area contributed by atoms with Crippen molar-refractivity contribution < 1.29 is 0 Å². The van der Waals surface area contributed by atoms with Crippen molar-refractivity contribution in [3.05, 3.63) is 42.4 Å². The molecule has 3 N–H and O–H groups in total. The fourth-order valence-electron chi connectivity index (χ4n) is 1.65. The highest BCUT2D eigenvalue weighted by molar-refractivity contribution is 5.98. The van der Waals surface area contributed by atoms with Crippen molar-refractivity contribution >= 4 is 11.7 Å². The quantitative estimate of drug-likeness (QED) is 0.662. The van der Waals surface area contributed by atoms with E-state index in [1.54, 1.807) is 6.20 Å². The molecule has 5 nitrogen and oxygen atoms in total. The van der Waals surface area contributed by atoms with E-state index < -0.39 is 0 Å². The van der Waals surface area contributed by atoms with Crippen LogP contribution >= 0.6 is 0 Å². The lowest BCUT2D eigenvalue weighted by atomic mass is 10.3. The molecule has 0 saturated carbocycles. The molecule has 1 aliphatic heterocycles. The normalized spacial score (nSPS) is 13.2. The summed E-state index contributed by atoms with van der Waals surface area (Å²) in [7, 11) is 0. The third-order valence-corrected chi connectivity index (χ3v) is 2.34. The van der Waals surface area contributed by atoms with Crippen molar-refractivity contribution in [2.45, 2.75) is 0 Å². The number of rotatable bonds is 0. The summed E-state index contributed by atoms with van der Waals surface area (Å²) in [5.41, 5.74) is 10.5. The van der Waals surface area contributed by atoms with Crippen molar-refractivity contribution in [1.29, 1.82) is 0 Å². The SMILES string of the molecule is NC1=NNc2ncccc2-n2cccc21. The number of hydrogen-bond acceptors (Lipinski definition) is 4. The van der Waals surface area contributed by atoms with Gasteiger partial charge in [0.25, 0.3) is 0 Å². The smallest absolute Gasteiger partial charge is 0.170 e. The molecular weight excluding hydrogens is 190 g/mol. The van der Waals surface area contributed by atoms with Gasteiger partial charge in [0.2, 0.25) is 0 Å². The van der Waals surface area contributed by atoms with Crippen LogP contribution in [0.5, 0.6) is 0 Å². The molecule has 0 fully saturated rings. The molecule has 0 saturated heterocycles. The van der Waals surface area contributed by atoms with Gasteiger partial charge in [0, 0.05) is 12.4 Å². The highest BCUT2D eigenvalue weighted by atomic mass is 15.4. The molecule has 0 amide bonds. The van der Waals surface area contributed by atoms with E-state index in [0.29, 0.717) is 11.7 Å². The maximum absolute atomic E-state index is 5.81. The second-order valence-corrected chi connectivity index (χ2v) is 3.24. The van der Waals surface area contributed by atoms with Crippen LogP contribution in [0.4, 0.5) is 5.82 Å². The number of fused-ring (bicyclic) bond motifs is 3. The second kappa shape index (κ2) is 2.84. The molecule has 0 atom stereocenters. The maximum Gasteiger partial charge on any atom is 0.170 e. The molecule has 3 rings (SSSR count). The van der Waals surface area contributed by atoms with Gasteiger partial charge in [-0.3, -0.25) is 5.43 Å². The van der Waals surface area contributed by atoms with Crippen LogP contribution in [0.1, 0.15) is 5.69 Å². The Labute approximate surface area is 86.2 Å². The van der Waals surface area contributed by atoms with E-state index in [1.807, 2.05) is 35.0 Å². The first-order valence-corrected chi connectivity index (χ1v) is 4.58. The van der Waals surface area contributed by atoms with Crippen LogP contribution in [0.2, 0.25) is 0 Å². The lowest BCUT2D eigenvalue weighted by Crippen LogP contribution is -2.16. The minimum Gasteiger partial charge on any atom is -0.381 e. The van der Waals surface area contributed by atoms with Crippen LogP contribution in [-0.4, -0.2) is 15.4 Å². The van der Waals surface area contributed by atoms with Crippen molar-refractivity contribution in [3.8, 4) is 5.69 Å². The molecule has 0 unspecified atom stereocenters. The number of nitrogens with zero attached hydrogens (tertiary/aromatic N) is 3. The van der Waals surface area contributed by atoms with E-state index in [0.717, 1.165) is 11.4 Å². The van der Waals surface area contributed by atoms with Crippen LogP contribution < -0.4 is 11.2 Å². The largest absolute Gasteiger partial charge is 0.381 e. The number of hydrazone groups is 1. The van der Waals surface area contributed by atoms with Crippen molar-refractivity contribution in [3.63, 3.8) is 0 Å². The third-order valence-electron chi connectivity index (χ3n) is 2.34.